The highest BCUT2D eigenvalue weighted by atomic mass is 32.1. The molecule has 7 nitrogen and oxygen atoms in total. The van der Waals surface area contributed by atoms with Gasteiger partial charge in [0.25, 0.3) is 5.69 Å². The summed E-state index contributed by atoms with van der Waals surface area (Å²) in [6.07, 6.45) is 0. The van der Waals surface area contributed by atoms with Gasteiger partial charge >= 0.3 is 0 Å². The summed E-state index contributed by atoms with van der Waals surface area (Å²) < 4.78 is 2.66. The van der Waals surface area contributed by atoms with Crippen LogP contribution in [0, 0.1) is 39.9 Å². The number of nitrogens with one attached hydrogen (secondary N) is 1. The summed E-state index contributed by atoms with van der Waals surface area (Å²) >= 11 is 5.53. The molecule has 1 saturated heterocycles. The maximum atomic E-state index is 10.8. The number of hydrogen-bond donors (Lipinski definition) is 1. The molecule has 140 valence electrons. The Kier molecular flexibility index (Phi) is 5.54. The van der Waals surface area contributed by atoms with E-state index in [1.165, 1.54) is 4.90 Å². The molecule has 2 aromatic rings. The van der Waals surface area contributed by atoms with Gasteiger partial charge in [-0.3, -0.25) is 14.7 Å². The monoisotopic (exact) mass is 384 g/mol. The summed E-state index contributed by atoms with van der Waals surface area (Å²) in [7, 11) is 0. The van der Waals surface area contributed by atoms with E-state index >= 15 is 0 Å². The van der Waals surface area contributed by atoms with Crippen LogP contribution in [0.15, 0.2) is 30.3 Å². The van der Waals surface area contributed by atoms with Gasteiger partial charge in [-0.05, 0) is 37.6 Å². The molecule has 0 aliphatic carbocycles. The van der Waals surface area contributed by atoms with Crippen LogP contribution in [0.3, 0.4) is 0 Å². The third-order valence-corrected chi connectivity index (χ3v) is 5.52. The molecule has 8 heteroatoms. The Morgan fingerprint density at radius 2 is 1.89 bits per heavy atom. The van der Waals surface area contributed by atoms with Crippen molar-refractivity contribution < 1.29 is 9.82 Å². The van der Waals surface area contributed by atoms with E-state index in [1.54, 1.807) is 12.1 Å². The minimum atomic E-state index is -0.380. The molecule has 0 bridgehead atoms. The first-order valence-electron chi connectivity index (χ1n) is 8.85. The molecular weight excluding hydrogens is 362 g/mol. The molecule has 0 saturated carbocycles. The molecule has 27 heavy (non-hydrogen) atoms. The number of aryl methyl sites for hydroxylation is 2. The van der Waals surface area contributed by atoms with Crippen LogP contribution in [-0.2, 0) is 6.67 Å². The van der Waals surface area contributed by atoms with E-state index in [0.29, 0.717) is 10.2 Å². The van der Waals surface area contributed by atoms with Crippen LogP contribution < -0.4 is 9.80 Å². The number of quaternary nitrogens is 1. The topological polar surface area (TPSA) is 79.5 Å². The SMILES string of the molecule is Cc1cc(C)n(C[NH+]2CCN(c3ccc([N+](=O)[O-])cc3)CC2)c(=S)c1C#N. The molecule has 0 radical (unpaired) electrons. The smallest absolute Gasteiger partial charge is 0.269 e. The number of piperazine rings is 1. The lowest BCUT2D eigenvalue weighted by Crippen LogP contribution is -3.14. The van der Waals surface area contributed by atoms with Crippen molar-refractivity contribution >= 4 is 23.6 Å². The average Bonchev–Trinajstić information content (AvgIpc) is 2.66. The second-order valence-electron chi connectivity index (χ2n) is 6.86. The fourth-order valence-corrected chi connectivity index (χ4v) is 3.92. The number of anilines is 1. The van der Waals surface area contributed by atoms with E-state index in [4.69, 9.17) is 12.2 Å². The van der Waals surface area contributed by atoms with Crippen molar-refractivity contribution in [1.82, 2.24) is 4.57 Å². The number of nitro groups is 1. The molecule has 0 atom stereocenters. The molecule has 1 aliphatic heterocycles. The van der Waals surface area contributed by atoms with E-state index < -0.39 is 0 Å². The fourth-order valence-electron chi connectivity index (χ4n) is 3.51. The Hall–Kier alpha value is -2.76. The maximum absolute atomic E-state index is 10.8. The Balaban J connectivity index is 1.68. The maximum Gasteiger partial charge on any atom is 0.269 e. The van der Waals surface area contributed by atoms with Gasteiger partial charge < -0.3 is 9.80 Å². The Labute approximate surface area is 163 Å². The summed E-state index contributed by atoms with van der Waals surface area (Å²) in [4.78, 5) is 14.1. The van der Waals surface area contributed by atoms with E-state index in [-0.39, 0.29) is 10.6 Å². The molecule has 0 amide bonds. The first-order chi connectivity index (χ1) is 12.9. The zero-order valence-corrected chi connectivity index (χ0v) is 16.3. The van der Waals surface area contributed by atoms with Gasteiger partial charge in [0.05, 0.1) is 36.7 Å². The van der Waals surface area contributed by atoms with Gasteiger partial charge in [-0.1, -0.05) is 12.2 Å². The average molecular weight is 384 g/mol. The predicted octanol–water partition coefficient (Wildman–Crippen LogP) is 1.98. The first-order valence-corrected chi connectivity index (χ1v) is 9.25. The van der Waals surface area contributed by atoms with E-state index in [2.05, 4.69) is 15.5 Å². The van der Waals surface area contributed by atoms with Gasteiger partial charge in [0.2, 0.25) is 0 Å². The van der Waals surface area contributed by atoms with Crippen LogP contribution in [-0.4, -0.2) is 35.7 Å². The largest absolute Gasteiger partial charge is 0.360 e. The minimum Gasteiger partial charge on any atom is -0.360 e. The van der Waals surface area contributed by atoms with Crippen molar-refractivity contribution in [3.8, 4) is 6.07 Å². The lowest BCUT2D eigenvalue weighted by Gasteiger charge is -2.34. The van der Waals surface area contributed by atoms with Crippen molar-refractivity contribution in [2.75, 3.05) is 31.1 Å². The Morgan fingerprint density at radius 3 is 2.44 bits per heavy atom. The molecule has 1 aromatic carbocycles. The molecular formula is C19H22N5O2S+. The Morgan fingerprint density at radius 1 is 1.26 bits per heavy atom. The summed E-state index contributed by atoms with van der Waals surface area (Å²) in [5.74, 6) is 0. The van der Waals surface area contributed by atoms with E-state index in [9.17, 15) is 15.4 Å². The molecule has 3 rings (SSSR count). The summed E-state index contributed by atoms with van der Waals surface area (Å²) in [5, 5.41) is 20.1. The van der Waals surface area contributed by atoms with Crippen LogP contribution >= 0.6 is 12.2 Å². The van der Waals surface area contributed by atoms with E-state index in [0.717, 1.165) is 49.8 Å². The van der Waals surface area contributed by atoms with Crippen LogP contribution in [0.1, 0.15) is 16.8 Å². The number of nitriles is 1. The van der Waals surface area contributed by atoms with Crippen molar-refractivity contribution in [2.45, 2.75) is 20.5 Å². The van der Waals surface area contributed by atoms with Crippen LogP contribution in [0.2, 0.25) is 0 Å². The van der Waals surface area contributed by atoms with Crippen molar-refractivity contribution in [1.29, 1.82) is 5.26 Å². The lowest BCUT2D eigenvalue weighted by atomic mass is 10.1. The van der Waals surface area contributed by atoms with Crippen LogP contribution in [0.5, 0.6) is 0 Å². The molecule has 1 aliphatic rings. The number of benzene rings is 1. The second kappa shape index (κ2) is 7.86. The van der Waals surface area contributed by atoms with Gasteiger partial charge in [0.15, 0.2) is 6.67 Å². The summed E-state index contributed by atoms with van der Waals surface area (Å²) in [6.45, 7) is 8.31. The van der Waals surface area contributed by atoms with Gasteiger partial charge in [-0.2, -0.15) is 5.26 Å². The highest BCUT2D eigenvalue weighted by molar-refractivity contribution is 7.71. The number of non-ortho nitro benzene ring substituents is 1. The number of pyridine rings is 1. The van der Waals surface area contributed by atoms with Crippen LogP contribution in [0.4, 0.5) is 11.4 Å². The van der Waals surface area contributed by atoms with Crippen LogP contribution in [0.25, 0.3) is 0 Å². The molecule has 0 spiro atoms. The number of hydrogen-bond acceptors (Lipinski definition) is 5. The molecule has 1 aromatic heterocycles. The second-order valence-corrected chi connectivity index (χ2v) is 7.24. The molecule has 2 heterocycles. The lowest BCUT2D eigenvalue weighted by molar-refractivity contribution is -0.923. The highest BCUT2D eigenvalue weighted by Gasteiger charge is 2.22. The predicted molar refractivity (Wildman–Crippen MR) is 105 cm³/mol. The van der Waals surface area contributed by atoms with Gasteiger partial charge in [0, 0.05) is 23.5 Å². The standard InChI is InChI=1S/C19H21N5O2S/c1-14-11-15(2)23(19(27)18(14)12-20)13-21-7-9-22(10-8-21)16-3-5-17(6-4-16)24(25)26/h3-6,11H,7-10,13H2,1-2H3/p+1. The summed E-state index contributed by atoms with van der Waals surface area (Å²) in [5.41, 5.74) is 3.70. The summed E-state index contributed by atoms with van der Waals surface area (Å²) in [6, 6.07) is 10.9. The zero-order valence-electron chi connectivity index (χ0n) is 15.4. The minimum absolute atomic E-state index is 0.112. The third kappa shape index (κ3) is 3.99. The Bertz CT molecular complexity index is 954. The third-order valence-electron chi connectivity index (χ3n) is 5.09. The number of rotatable bonds is 4. The van der Waals surface area contributed by atoms with Crippen molar-refractivity contribution in [3.63, 3.8) is 0 Å². The fraction of sp³-hybridized carbons (Fsp3) is 0.368. The quantitative estimate of drug-likeness (QED) is 0.495. The van der Waals surface area contributed by atoms with Gasteiger partial charge in [-0.15, -0.1) is 0 Å². The molecule has 0 unspecified atom stereocenters. The van der Waals surface area contributed by atoms with Gasteiger partial charge in [0.1, 0.15) is 10.7 Å². The highest BCUT2D eigenvalue weighted by Crippen LogP contribution is 2.19. The van der Waals surface area contributed by atoms with Crippen molar-refractivity contribution in [3.05, 3.63) is 61.9 Å². The normalized spacial score (nSPS) is 14.8. The van der Waals surface area contributed by atoms with E-state index in [1.807, 2.05) is 32.0 Å². The molecule has 1 fully saturated rings. The number of nitrogens with zero attached hydrogens (tertiary/aromatic N) is 4. The van der Waals surface area contributed by atoms with Gasteiger partial charge in [-0.25, -0.2) is 0 Å². The number of nitro benzene ring substituents is 1. The molecule has 1 N–H and O–H groups in total. The number of aromatic nitrogens is 1. The first kappa shape index (κ1) is 19.0. The van der Waals surface area contributed by atoms with Crippen molar-refractivity contribution in [2.24, 2.45) is 0 Å². The zero-order chi connectivity index (χ0) is 19.6.